The summed E-state index contributed by atoms with van der Waals surface area (Å²) in [6.07, 6.45) is 0.419. The molecule has 0 aliphatic rings. The van der Waals surface area contributed by atoms with E-state index < -0.39 is 11.8 Å². The van der Waals surface area contributed by atoms with Crippen LogP contribution in [0.15, 0.2) is 48.5 Å². The van der Waals surface area contributed by atoms with E-state index in [1.165, 1.54) is 0 Å². The van der Waals surface area contributed by atoms with Gasteiger partial charge in [-0.3, -0.25) is 25.2 Å². The molecule has 0 radical (unpaired) electrons. The Hall–Kier alpha value is -3.06. The zero-order valence-electron chi connectivity index (χ0n) is 14.7. The molecule has 142 valence electrons. The third kappa shape index (κ3) is 6.63. The Morgan fingerprint density at radius 1 is 0.889 bits per heavy atom. The minimum absolute atomic E-state index is 0.0287. The van der Waals surface area contributed by atoms with Crippen LogP contribution in [-0.4, -0.2) is 30.8 Å². The first-order valence-corrected chi connectivity index (χ1v) is 8.58. The lowest BCUT2D eigenvalue weighted by atomic mass is 10.1. The molecule has 2 amide bonds. The van der Waals surface area contributed by atoms with Gasteiger partial charge in [0.15, 0.2) is 19.0 Å². The summed E-state index contributed by atoms with van der Waals surface area (Å²) in [5.41, 5.74) is 5.00. The van der Waals surface area contributed by atoms with Crippen LogP contribution in [0.25, 0.3) is 0 Å². The third-order valence-corrected chi connectivity index (χ3v) is 3.72. The monoisotopic (exact) mass is 390 g/mol. The minimum Gasteiger partial charge on any atom is -0.484 e. The molecule has 0 saturated heterocycles. The van der Waals surface area contributed by atoms with Gasteiger partial charge in [-0.2, -0.15) is 0 Å². The maximum absolute atomic E-state index is 11.7. The molecular weight excluding hydrogens is 372 g/mol. The van der Waals surface area contributed by atoms with Crippen LogP contribution in [0, 0.1) is 0 Å². The maximum atomic E-state index is 11.7. The van der Waals surface area contributed by atoms with E-state index in [-0.39, 0.29) is 19.0 Å². The van der Waals surface area contributed by atoms with Crippen LogP contribution in [-0.2, 0) is 9.59 Å². The highest BCUT2D eigenvalue weighted by atomic mass is 35.5. The first-order valence-electron chi connectivity index (χ1n) is 8.20. The van der Waals surface area contributed by atoms with Crippen LogP contribution >= 0.6 is 11.6 Å². The number of hydrazine groups is 1. The van der Waals surface area contributed by atoms with E-state index in [0.29, 0.717) is 28.5 Å². The van der Waals surface area contributed by atoms with E-state index in [2.05, 4.69) is 10.9 Å². The largest absolute Gasteiger partial charge is 0.484 e. The molecule has 0 spiro atoms. The summed E-state index contributed by atoms with van der Waals surface area (Å²) in [7, 11) is 0. The molecule has 0 atom stereocenters. The first-order chi connectivity index (χ1) is 13.0. The number of hydrogen-bond donors (Lipinski definition) is 2. The van der Waals surface area contributed by atoms with Crippen molar-refractivity contribution in [1.82, 2.24) is 10.9 Å². The van der Waals surface area contributed by atoms with Gasteiger partial charge in [0.2, 0.25) is 0 Å². The van der Waals surface area contributed by atoms with Gasteiger partial charge in [-0.05, 0) is 36.4 Å². The Kier molecular flexibility index (Phi) is 7.63. The summed E-state index contributed by atoms with van der Waals surface area (Å²) in [6.45, 7) is 1.18. The molecule has 0 heterocycles. The van der Waals surface area contributed by atoms with Gasteiger partial charge in [-0.1, -0.05) is 30.7 Å². The fraction of sp³-hybridized carbons (Fsp3) is 0.211. The lowest BCUT2D eigenvalue weighted by molar-refractivity contribution is -0.131. The summed E-state index contributed by atoms with van der Waals surface area (Å²) in [5.74, 6) is -0.262. The number of nitrogens with one attached hydrogen (secondary N) is 2. The van der Waals surface area contributed by atoms with Crippen LogP contribution in [0.2, 0.25) is 5.02 Å². The fourth-order valence-corrected chi connectivity index (χ4v) is 2.20. The number of para-hydroxylation sites is 1. The Labute approximate surface area is 161 Å². The van der Waals surface area contributed by atoms with Crippen LogP contribution in [0.1, 0.15) is 23.7 Å². The molecule has 2 aromatic carbocycles. The Morgan fingerprint density at radius 3 is 2.07 bits per heavy atom. The van der Waals surface area contributed by atoms with Gasteiger partial charge in [-0.15, -0.1) is 0 Å². The average molecular weight is 391 g/mol. The molecule has 7 nitrogen and oxygen atoms in total. The highest BCUT2D eigenvalue weighted by Crippen LogP contribution is 2.22. The molecule has 0 fully saturated rings. The standard InChI is InChI=1S/C19H19ClN2O5/c1-2-16(23)13-7-9-14(10-8-13)26-11-18(24)21-22-19(25)12-27-17-6-4-3-5-15(17)20/h3-10H,2,11-12H2,1H3,(H,21,24)(H,22,25). The van der Waals surface area contributed by atoms with Crippen molar-refractivity contribution in [1.29, 1.82) is 0 Å². The quantitative estimate of drug-likeness (QED) is 0.533. The van der Waals surface area contributed by atoms with Crippen molar-refractivity contribution in [2.45, 2.75) is 13.3 Å². The van der Waals surface area contributed by atoms with Crippen LogP contribution in [0.3, 0.4) is 0 Å². The molecule has 27 heavy (non-hydrogen) atoms. The van der Waals surface area contributed by atoms with E-state index in [1.807, 2.05) is 0 Å². The highest BCUT2D eigenvalue weighted by Gasteiger charge is 2.08. The predicted molar refractivity (Wildman–Crippen MR) is 99.8 cm³/mol. The second kappa shape index (κ2) is 10.2. The lowest BCUT2D eigenvalue weighted by Crippen LogP contribution is -2.45. The Balaban J connectivity index is 1.69. The van der Waals surface area contributed by atoms with E-state index in [4.69, 9.17) is 21.1 Å². The van der Waals surface area contributed by atoms with Crippen molar-refractivity contribution < 1.29 is 23.9 Å². The number of rotatable bonds is 8. The average Bonchev–Trinajstić information content (AvgIpc) is 2.69. The normalized spacial score (nSPS) is 10.0. The maximum Gasteiger partial charge on any atom is 0.276 e. The first kappa shape index (κ1) is 20.3. The number of benzene rings is 2. The van der Waals surface area contributed by atoms with Gasteiger partial charge >= 0.3 is 0 Å². The van der Waals surface area contributed by atoms with Crippen molar-refractivity contribution in [3.05, 3.63) is 59.1 Å². The smallest absolute Gasteiger partial charge is 0.276 e. The molecular formula is C19H19ClN2O5. The van der Waals surface area contributed by atoms with Crippen LogP contribution in [0.4, 0.5) is 0 Å². The van der Waals surface area contributed by atoms with Gasteiger partial charge in [0.05, 0.1) is 5.02 Å². The number of ether oxygens (including phenoxy) is 2. The van der Waals surface area contributed by atoms with Crippen molar-refractivity contribution in [3.63, 3.8) is 0 Å². The number of halogens is 1. The highest BCUT2D eigenvalue weighted by molar-refractivity contribution is 6.32. The number of amides is 2. The molecule has 0 bridgehead atoms. The van der Waals surface area contributed by atoms with E-state index in [9.17, 15) is 14.4 Å². The van der Waals surface area contributed by atoms with Crippen molar-refractivity contribution in [2.75, 3.05) is 13.2 Å². The minimum atomic E-state index is -0.550. The Bertz CT molecular complexity index is 808. The zero-order chi connectivity index (χ0) is 19.6. The summed E-state index contributed by atoms with van der Waals surface area (Å²) in [4.78, 5) is 34.9. The number of ketones is 1. The second-order valence-electron chi connectivity index (χ2n) is 5.41. The molecule has 2 rings (SSSR count). The number of carbonyl (C=O) groups excluding carboxylic acids is 3. The predicted octanol–water partition coefficient (Wildman–Crippen LogP) is 2.54. The Morgan fingerprint density at radius 2 is 1.48 bits per heavy atom. The number of carbonyl (C=O) groups is 3. The molecule has 0 saturated carbocycles. The third-order valence-electron chi connectivity index (χ3n) is 3.40. The van der Waals surface area contributed by atoms with Crippen molar-refractivity contribution >= 4 is 29.2 Å². The van der Waals surface area contributed by atoms with Crippen molar-refractivity contribution in [2.24, 2.45) is 0 Å². The van der Waals surface area contributed by atoms with Crippen molar-refractivity contribution in [3.8, 4) is 11.5 Å². The summed E-state index contributed by atoms with van der Waals surface area (Å²) in [5, 5.41) is 0.384. The van der Waals surface area contributed by atoms with Gasteiger partial charge in [0.1, 0.15) is 11.5 Å². The molecule has 0 aliphatic heterocycles. The SMILES string of the molecule is CCC(=O)c1ccc(OCC(=O)NNC(=O)COc2ccccc2Cl)cc1. The summed E-state index contributed by atoms with van der Waals surface area (Å²) in [6, 6.07) is 13.2. The van der Waals surface area contributed by atoms with E-state index in [1.54, 1.807) is 55.5 Å². The van der Waals surface area contributed by atoms with Crippen LogP contribution in [0.5, 0.6) is 11.5 Å². The molecule has 0 unspecified atom stereocenters. The van der Waals surface area contributed by atoms with E-state index in [0.717, 1.165) is 0 Å². The number of Topliss-reactive ketones (excluding diaryl/α,β-unsaturated/α-hetero) is 1. The lowest BCUT2D eigenvalue weighted by Gasteiger charge is -2.10. The van der Waals surface area contributed by atoms with Gasteiger partial charge < -0.3 is 9.47 Å². The van der Waals surface area contributed by atoms with Gasteiger partial charge in [0.25, 0.3) is 11.8 Å². The fourth-order valence-electron chi connectivity index (χ4n) is 2.01. The van der Waals surface area contributed by atoms with Crippen LogP contribution < -0.4 is 20.3 Å². The molecule has 2 aromatic rings. The topological polar surface area (TPSA) is 93.7 Å². The van der Waals surface area contributed by atoms with E-state index >= 15 is 0 Å². The zero-order valence-corrected chi connectivity index (χ0v) is 15.4. The molecule has 0 aliphatic carbocycles. The number of hydrogen-bond acceptors (Lipinski definition) is 5. The van der Waals surface area contributed by atoms with Gasteiger partial charge in [-0.25, -0.2) is 0 Å². The van der Waals surface area contributed by atoms with Gasteiger partial charge in [0, 0.05) is 12.0 Å². The summed E-state index contributed by atoms with van der Waals surface area (Å²) < 4.78 is 10.5. The molecule has 0 aromatic heterocycles. The second-order valence-corrected chi connectivity index (χ2v) is 5.81. The molecule has 2 N–H and O–H groups in total. The molecule has 8 heteroatoms. The summed E-state index contributed by atoms with van der Waals surface area (Å²) >= 11 is 5.91.